The number of benzene rings is 8. The van der Waals surface area contributed by atoms with E-state index in [0.717, 1.165) is 33.0 Å². The smallest absolute Gasteiger partial charge is 0.159 e. The molecule has 226 valence electrons. The third-order valence-electron chi connectivity index (χ3n) is 8.39. The van der Waals surface area contributed by atoms with Gasteiger partial charge in [0, 0.05) is 22.1 Å². The summed E-state index contributed by atoms with van der Waals surface area (Å²) >= 11 is 0. The van der Waals surface area contributed by atoms with E-state index in [9.17, 15) is 5.48 Å². The second-order valence-electron chi connectivity index (χ2n) is 11.3. The molecule has 48 heavy (non-hydrogen) atoms. The van der Waals surface area contributed by atoms with Crippen molar-refractivity contribution >= 4 is 49.8 Å². The molecule has 1 heterocycles. The van der Waals surface area contributed by atoms with Crippen molar-refractivity contribution < 1.29 is 19.5 Å². The van der Waals surface area contributed by atoms with Gasteiger partial charge < -0.3 is 9.32 Å². The summed E-state index contributed by atoms with van der Waals surface area (Å²) in [7, 11) is 0. The Kier molecular flexibility index (Phi) is 4.58. The van der Waals surface area contributed by atoms with Crippen molar-refractivity contribution in [3.05, 3.63) is 188 Å². The number of hydrogen-bond acceptors (Lipinski definition) is 2. The number of anilines is 3. The van der Waals surface area contributed by atoms with Gasteiger partial charge in [-0.1, -0.05) is 145 Å². The average Bonchev–Trinajstić information content (AvgIpc) is 3.65. The highest BCUT2D eigenvalue weighted by Crippen LogP contribution is 2.45. The van der Waals surface area contributed by atoms with Crippen LogP contribution in [0, 0.1) is 0 Å². The molecule has 0 unspecified atom stereocenters. The van der Waals surface area contributed by atoms with Crippen molar-refractivity contribution in [1.82, 2.24) is 0 Å². The fraction of sp³-hybridized carbons (Fsp3) is 0. The Balaban J connectivity index is 1.36. The first-order chi connectivity index (χ1) is 28.4. The van der Waals surface area contributed by atoms with E-state index in [1.807, 2.05) is 115 Å². The quantitative estimate of drug-likeness (QED) is 0.183. The molecule has 0 aliphatic rings. The van der Waals surface area contributed by atoms with Crippen molar-refractivity contribution in [3.8, 4) is 33.4 Å². The Labute approximate surface area is 295 Å². The van der Waals surface area contributed by atoms with E-state index in [1.165, 1.54) is 0 Å². The minimum Gasteiger partial charge on any atom is -0.454 e. The third-order valence-corrected chi connectivity index (χ3v) is 8.39. The highest BCUT2D eigenvalue weighted by molar-refractivity contribution is 6.10. The van der Waals surface area contributed by atoms with Gasteiger partial charge in [-0.3, -0.25) is 0 Å². The third kappa shape index (κ3) is 4.92. The lowest BCUT2D eigenvalue weighted by atomic mass is 9.93. The van der Waals surface area contributed by atoms with Crippen molar-refractivity contribution in [3.63, 3.8) is 0 Å². The van der Waals surface area contributed by atoms with Gasteiger partial charge in [-0.05, 0) is 86.5 Å². The molecule has 0 aliphatic carbocycles. The molecule has 0 amide bonds. The monoisotopic (exact) mass is 624 g/mol. The minimum atomic E-state index is -0.658. The molecule has 0 saturated carbocycles. The maximum absolute atomic E-state index is 9.60. The van der Waals surface area contributed by atoms with Gasteiger partial charge in [-0.2, -0.15) is 0 Å². The topological polar surface area (TPSA) is 16.4 Å². The van der Waals surface area contributed by atoms with Crippen molar-refractivity contribution in [2.45, 2.75) is 0 Å². The fourth-order valence-corrected chi connectivity index (χ4v) is 6.14. The van der Waals surface area contributed by atoms with Gasteiger partial charge in [0.25, 0.3) is 0 Å². The van der Waals surface area contributed by atoms with Crippen LogP contribution >= 0.6 is 0 Å². The Morgan fingerprint density at radius 1 is 0.458 bits per heavy atom. The maximum Gasteiger partial charge on any atom is 0.159 e. The van der Waals surface area contributed by atoms with E-state index < -0.39 is 77.6 Å². The van der Waals surface area contributed by atoms with Crippen LogP contribution in [0.2, 0.25) is 0 Å². The molecule has 2 heteroatoms. The van der Waals surface area contributed by atoms with Crippen LogP contribution < -0.4 is 4.90 Å². The lowest BCUT2D eigenvalue weighted by molar-refractivity contribution is 0.669. The molecular formula is C46H31NO. The molecule has 0 radical (unpaired) electrons. The second kappa shape index (κ2) is 11.8. The summed E-state index contributed by atoms with van der Waals surface area (Å²) in [5.41, 5.74) is 4.56. The van der Waals surface area contributed by atoms with Gasteiger partial charge in [-0.15, -0.1) is 0 Å². The number of rotatable bonds is 6. The van der Waals surface area contributed by atoms with E-state index in [2.05, 4.69) is 0 Å². The molecule has 2 nitrogen and oxygen atoms in total. The lowest BCUT2D eigenvalue weighted by Crippen LogP contribution is -2.10. The van der Waals surface area contributed by atoms with Crippen LogP contribution in [0.15, 0.2) is 192 Å². The van der Waals surface area contributed by atoms with Gasteiger partial charge in [0.05, 0.1) is 20.8 Å². The molecule has 0 N–H and O–H groups in total. The van der Waals surface area contributed by atoms with Crippen LogP contribution in [0.5, 0.6) is 0 Å². The van der Waals surface area contributed by atoms with Gasteiger partial charge in [-0.25, -0.2) is 0 Å². The first kappa shape index (κ1) is 18.7. The van der Waals surface area contributed by atoms with Crippen molar-refractivity contribution in [1.29, 1.82) is 0 Å². The molecule has 0 bridgehead atoms. The predicted octanol–water partition coefficient (Wildman–Crippen LogP) is 13.2. The van der Waals surface area contributed by atoms with Gasteiger partial charge in [0.2, 0.25) is 0 Å². The molecule has 0 aliphatic heterocycles. The first-order valence-electron chi connectivity index (χ1n) is 21.0. The molecule has 8 aromatic carbocycles. The number of fused-ring (bicyclic) bond motifs is 4. The highest BCUT2D eigenvalue weighted by Gasteiger charge is 2.21. The molecule has 1 aromatic heterocycles. The van der Waals surface area contributed by atoms with Gasteiger partial charge in [0.15, 0.2) is 5.58 Å². The zero-order chi connectivity index (χ0) is 41.4. The summed E-state index contributed by atoms with van der Waals surface area (Å²) in [6.07, 6.45) is 0. The summed E-state index contributed by atoms with van der Waals surface area (Å²) in [5.74, 6) is 0. The molecule has 0 fully saturated rings. The standard InChI is InChI=1S/C46H31NO/c1-3-13-34(14-4-1)40-29-28-39(31-43(40)35-15-5-2-6-16-35)47(44-20-11-19-42-41-18-9-10-21-45(41)48-46(42)44)38-26-24-33(25-27-38)37-23-22-32-12-7-8-17-36(32)30-37/h1-31H/i7D,8D,12D,17D,22D,23D,24D,25D,26D,27D,30D. The van der Waals surface area contributed by atoms with Gasteiger partial charge in [0.1, 0.15) is 5.58 Å². The van der Waals surface area contributed by atoms with Crippen molar-refractivity contribution in [2.24, 2.45) is 0 Å². The van der Waals surface area contributed by atoms with Crippen molar-refractivity contribution in [2.75, 3.05) is 4.90 Å². The van der Waals surface area contributed by atoms with Crippen LogP contribution in [0.4, 0.5) is 17.1 Å². The van der Waals surface area contributed by atoms with E-state index >= 15 is 0 Å². The molecule has 9 rings (SSSR count). The van der Waals surface area contributed by atoms with Crippen LogP contribution in [0.25, 0.3) is 66.1 Å². The Morgan fingerprint density at radius 2 is 1.12 bits per heavy atom. The highest BCUT2D eigenvalue weighted by atomic mass is 16.3. The molecule has 0 spiro atoms. The van der Waals surface area contributed by atoms with E-state index in [-0.39, 0.29) is 16.5 Å². The molecular weight excluding hydrogens is 583 g/mol. The minimum absolute atomic E-state index is 0.143. The van der Waals surface area contributed by atoms with Crippen LogP contribution in [-0.2, 0) is 0 Å². The normalized spacial score (nSPS) is 14.5. The van der Waals surface area contributed by atoms with E-state index in [0.29, 0.717) is 22.5 Å². The van der Waals surface area contributed by atoms with Gasteiger partial charge >= 0.3 is 0 Å². The van der Waals surface area contributed by atoms with Crippen LogP contribution in [-0.4, -0.2) is 0 Å². The summed E-state index contributed by atoms with van der Waals surface area (Å²) in [4.78, 5) is 1.63. The Hall–Kier alpha value is -6.38. The molecule has 0 saturated heterocycles. The SMILES string of the molecule is [2H]c1c([2H])c(N(c2ccc(-c3ccccc3)c(-c3ccccc3)c2)c2cccc3c2oc2ccccc23)c([2H])c([2H])c1-c1c([2H])c([2H])c2c([2H])c([2H])c([2H])c([2H])c2c1[2H]. The number of para-hydroxylation sites is 2. The summed E-state index contributed by atoms with van der Waals surface area (Å²) in [5, 5.41) is 0.925. The Bertz CT molecular complexity index is 3160. The predicted molar refractivity (Wildman–Crippen MR) is 202 cm³/mol. The number of nitrogens with zero attached hydrogens (tertiary/aromatic N) is 1. The maximum atomic E-state index is 9.60. The summed E-state index contributed by atoms with van der Waals surface area (Å²) in [6.45, 7) is 0. The zero-order valence-electron chi connectivity index (χ0n) is 36.4. The summed E-state index contributed by atoms with van der Waals surface area (Å²) < 4.78 is 105. The van der Waals surface area contributed by atoms with Crippen LogP contribution in [0.1, 0.15) is 15.1 Å². The number of hydrogen-bond donors (Lipinski definition) is 0. The number of furan rings is 1. The average molecular weight is 625 g/mol. The van der Waals surface area contributed by atoms with E-state index in [1.54, 1.807) is 11.0 Å². The van der Waals surface area contributed by atoms with Crippen LogP contribution in [0.3, 0.4) is 0 Å². The molecule has 9 aromatic rings. The molecule has 0 atom stereocenters. The summed E-state index contributed by atoms with van der Waals surface area (Å²) in [6, 6.07) is 31.9. The second-order valence-corrected chi connectivity index (χ2v) is 11.3. The van der Waals surface area contributed by atoms with E-state index in [4.69, 9.17) is 14.0 Å². The zero-order valence-corrected chi connectivity index (χ0v) is 25.4. The Morgan fingerprint density at radius 3 is 1.92 bits per heavy atom. The first-order valence-corrected chi connectivity index (χ1v) is 15.5. The lowest BCUT2D eigenvalue weighted by Gasteiger charge is -2.27. The fourth-order valence-electron chi connectivity index (χ4n) is 6.14. The largest absolute Gasteiger partial charge is 0.454 e.